The Morgan fingerprint density at radius 2 is 2.05 bits per heavy atom. The molecule has 4 nitrogen and oxygen atoms in total. The molecule has 0 N–H and O–H groups in total. The zero-order valence-electron chi connectivity index (χ0n) is 11.0. The van der Waals surface area contributed by atoms with Crippen LogP contribution in [-0.4, -0.2) is 29.0 Å². The van der Waals surface area contributed by atoms with Crippen LogP contribution < -0.4 is 5.56 Å². The predicted molar refractivity (Wildman–Crippen MR) is 77.2 cm³/mol. The van der Waals surface area contributed by atoms with Gasteiger partial charge in [0.25, 0.3) is 5.56 Å². The van der Waals surface area contributed by atoms with Gasteiger partial charge in [0.05, 0.1) is 12.3 Å². The third kappa shape index (κ3) is 3.45. The Balaban J connectivity index is 2.43. The molecule has 0 amide bonds. The molecule has 0 fully saturated rings. The smallest absolute Gasteiger partial charge is 0.258 e. The summed E-state index contributed by atoms with van der Waals surface area (Å²) in [4.78, 5) is 16.6. The topological polar surface area (TPSA) is 44.1 Å². The number of aromatic nitrogens is 2. The molecule has 0 bridgehead atoms. The van der Waals surface area contributed by atoms with Crippen molar-refractivity contribution in [3.8, 4) is 5.69 Å². The van der Waals surface area contributed by atoms with Crippen molar-refractivity contribution >= 4 is 11.8 Å². The van der Waals surface area contributed by atoms with Crippen LogP contribution in [0.15, 0.2) is 46.3 Å². The van der Waals surface area contributed by atoms with Gasteiger partial charge in [0, 0.05) is 24.6 Å². The number of benzene rings is 1. The van der Waals surface area contributed by atoms with E-state index in [1.807, 2.05) is 37.3 Å². The molecule has 0 aliphatic carbocycles. The summed E-state index contributed by atoms with van der Waals surface area (Å²) in [5.41, 5.74) is 1.51. The van der Waals surface area contributed by atoms with Crippen LogP contribution in [0.2, 0.25) is 0 Å². The molecular formula is C14H16N2O2S. The normalized spacial score (nSPS) is 10.6. The highest BCUT2D eigenvalue weighted by Gasteiger charge is 2.09. The molecule has 0 spiro atoms. The van der Waals surface area contributed by atoms with Crippen molar-refractivity contribution in [1.82, 2.24) is 9.55 Å². The molecule has 0 radical (unpaired) electrons. The summed E-state index contributed by atoms with van der Waals surface area (Å²) in [5.74, 6) is 0.763. The Bertz CT molecular complexity index is 596. The fraction of sp³-hybridized carbons (Fsp3) is 0.286. The Morgan fingerprint density at radius 1 is 1.32 bits per heavy atom. The van der Waals surface area contributed by atoms with Gasteiger partial charge < -0.3 is 4.74 Å². The Labute approximate surface area is 116 Å². The lowest BCUT2D eigenvalue weighted by atomic mass is 10.3. The number of hydrogen-bond donors (Lipinski definition) is 0. The summed E-state index contributed by atoms with van der Waals surface area (Å²) in [6.45, 7) is 2.46. The van der Waals surface area contributed by atoms with Crippen LogP contribution in [0.1, 0.15) is 5.69 Å². The lowest BCUT2D eigenvalue weighted by Crippen LogP contribution is -2.21. The molecule has 0 aliphatic heterocycles. The molecule has 100 valence electrons. The van der Waals surface area contributed by atoms with E-state index in [1.165, 1.54) is 11.8 Å². The number of aryl methyl sites for hydroxylation is 1. The standard InChI is InChI=1S/C14H16N2O2S/c1-11-10-13(17)16(12-6-4-3-5-7-12)14(15-11)19-9-8-18-2/h3-7,10H,8-9H2,1-2H3. The minimum Gasteiger partial charge on any atom is -0.384 e. The predicted octanol–water partition coefficient (Wildman–Crippen LogP) is 2.28. The van der Waals surface area contributed by atoms with Gasteiger partial charge in [-0.3, -0.25) is 9.36 Å². The molecule has 5 heteroatoms. The summed E-state index contributed by atoms with van der Waals surface area (Å²) in [6, 6.07) is 11.1. The van der Waals surface area contributed by atoms with Crippen LogP contribution in [0.4, 0.5) is 0 Å². The van der Waals surface area contributed by atoms with E-state index in [0.717, 1.165) is 17.1 Å². The molecule has 0 unspecified atom stereocenters. The fourth-order valence-electron chi connectivity index (χ4n) is 1.70. The molecule has 0 saturated carbocycles. The molecule has 1 aromatic carbocycles. The third-order valence-electron chi connectivity index (χ3n) is 2.55. The van der Waals surface area contributed by atoms with Crippen LogP contribution in [0.25, 0.3) is 5.69 Å². The monoisotopic (exact) mass is 276 g/mol. The molecule has 19 heavy (non-hydrogen) atoms. The fourth-order valence-corrected chi connectivity index (χ4v) is 2.66. The minimum atomic E-state index is -0.0568. The third-order valence-corrected chi connectivity index (χ3v) is 3.45. The van der Waals surface area contributed by atoms with Crippen LogP contribution >= 0.6 is 11.8 Å². The van der Waals surface area contributed by atoms with Crippen LogP contribution in [-0.2, 0) is 4.74 Å². The second-order valence-corrected chi connectivity index (χ2v) is 5.09. The van der Waals surface area contributed by atoms with Gasteiger partial charge in [-0.05, 0) is 19.1 Å². The number of nitrogens with zero attached hydrogens (tertiary/aromatic N) is 2. The molecule has 1 aromatic heterocycles. The molecular weight excluding hydrogens is 260 g/mol. The summed E-state index contributed by atoms with van der Waals surface area (Å²) in [5, 5.41) is 0.702. The van der Waals surface area contributed by atoms with E-state index in [1.54, 1.807) is 17.7 Å². The highest BCUT2D eigenvalue weighted by molar-refractivity contribution is 7.99. The molecule has 2 rings (SSSR count). The van der Waals surface area contributed by atoms with Crippen molar-refractivity contribution in [2.45, 2.75) is 12.1 Å². The first-order valence-corrected chi connectivity index (χ1v) is 6.99. The highest BCUT2D eigenvalue weighted by atomic mass is 32.2. The first-order valence-electron chi connectivity index (χ1n) is 6.00. The Hall–Kier alpha value is -1.59. The van der Waals surface area contributed by atoms with Gasteiger partial charge in [-0.25, -0.2) is 4.98 Å². The second-order valence-electron chi connectivity index (χ2n) is 4.03. The van der Waals surface area contributed by atoms with E-state index in [-0.39, 0.29) is 5.56 Å². The molecule has 0 saturated heterocycles. The van der Waals surface area contributed by atoms with Crippen LogP contribution in [0, 0.1) is 6.92 Å². The number of hydrogen-bond acceptors (Lipinski definition) is 4. The minimum absolute atomic E-state index is 0.0568. The summed E-state index contributed by atoms with van der Waals surface area (Å²) in [6.07, 6.45) is 0. The van der Waals surface area contributed by atoms with Gasteiger partial charge in [0.15, 0.2) is 5.16 Å². The number of para-hydroxylation sites is 1. The van der Waals surface area contributed by atoms with Gasteiger partial charge in [0.2, 0.25) is 0 Å². The van der Waals surface area contributed by atoms with Gasteiger partial charge in [-0.1, -0.05) is 30.0 Å². The summed E-state index contributed by atoms with van der Waals surface area (Å²) in [7, 11) is 1.66. The van der Waals surface area contributed by atoms with Crippen molar-refractivity contribution in [2.24, 2.45) is 0 Å². The molecule has 1 heterocycles. The molecule has 0 atom stereocenters. The maximum Gasteiger partial charge on any atom is 0.258 e. The van der Waals surface area contributed by atoms with Gasteiger partial charge in [-0.15, -0.1) is 0 Å². The number of thioether (sulfide) groups is 1. The Kier molecular flexibility index (Phi) is 4.76. The van der Waals surface area contributed by atoms with Crippen molar-refractivity contribution in [1.29, 1.82) is 0 Å². The lowest BCUT2D eigenvalue weighted by Gasteiger charge is -2.11. The van der Waals surface area contributed by atoms with Crippen LogP contribution in [0.3, 0.4) is 0 Å². The molecule has 0 aliphatic rings. The van der Waals surface area contributed by atoms with Gasteiger partial charge >= 0.3 is 0 Å². The average Bonchev–Trinajstić information content (AvgIpc) is 2.39. The van der Waals surface area contributed by atoms with Crippen LogP contribution in [0.5, 0.6) is 0 Å². The first kappa shape index (κ1) is 13.8. The van der Waals surface area contributed by atoms with E-state index >= 15 is 0 Å². The number of rotatable bonds is 5. The highest BCUT2D eigenvalue weighted by Crippen LogP contribution is 2.18. The van der Waals surface area contributed by atoms with E-state index in [2.05, 4.69) is 4.98 Å². The van der Waals surface area contributed by atoms with Crippen molar-refractivity contribution < 1.29 is 4.74 Å². The largest absolute Gasteiger partial charge is 0.384 e. The second kappa shape index (κ2) is 6.54. The summed E-state index contributed by atoms with van der Waals surface area (Å²) >= 11 is 1.52. The summed E-state index contributed by atoms with van der Waals surface area (Å²) < 4.78 is 6.67. The lowest BCUT2D eigenvalue weighted by molar-refractivity contribution is 0.218. The van der Waals surface area contributed by atoms with E-state index in [9.17, 15) is 4.79 Å². The van der Waals surface area contributed by atoms with E-state index < -0.39 is 0 Å². The Morgan fingerprint density at radius 3 is 2.74 bits per heavy atom. The van der Waals surface area contributed by atoms with Crippen molar-refractivity contribution in [3.63, 3.8) is 0 Å². The SMILES string of the molecule is COCCSc1nc(C)cc(=O)n1-c1ccccc1. The van der Waals surface area contributed by atoms with E-state index in [0.29, 0.717) is 11.8 Å². The number of methoxy groups -OCH3 is 1. The first-order chi connectivity index (χ1) is 9.22. The maximum absolute atomic E-state index is 12.2. The van der Waals surface area contributed by atoms with Crippen molar-refractivity contribution in [2.75, 3.05) is 19.5 Å². The van der Waals surface area contributed by atoms with E-state index in [4.69, 9.17) is 4.74 Å². The number of ether oxygens (including phenoxy) is 1. The van der Waals surface area contributed by atoms with Gasteiger partial charge in [-0.2, -0.15) is 0 Å². The average molecular weight is 276 g/mol. The van der Waals surface area contributed by atoms with Crippen molar-refractivity contribution in [3.05, 3.63) is 52.4 Å². The quantitative estimate of drug-likeness (QED) is 0.477. The maximum atomic E-state index is 12.2. The van der Waals surface area contributed by atoms with Gasteiger partial charge in [0.1, 0.15) is 0 Å². The zero-order chi connectivity index (χ0) is 13.7. The molecule has 2 aromatic rings. The zero-order valence-corrected chi connectivity index (χ0v) is 11.8.